The number of carbonyl (C=O) groups is 2. The second kappa shape index (κ2) is 9.19. The number of rotatable bonds is 7. The molecule has 1 N–H and O–H groups in total. The van der Waals surface area contributed by atoms with E-state index in [1.165, 1.54) is 43.9 Å². The molecule has 0 saturated heterocycles. The zero-order chi connectivity index (χ0) is 21.8. The first-order valence-corrected chi connectivity index (χ1v) is 10.5. The van der Waals surface area contributed by atoms with Crippen LogP contribution in [-0.2, 0) is 19.6 Å². The zero-order valence-electron chi connectivity index (χ0n) is 17.2. The molecule has 0 saturated carbocycles. The molecule has 0 heterocycles. The second-order valence-electron chi connectivity index (χ2n) is 7.02. The number of nitrogens with zero attached hydrogens (tertiary/aromatic N) is 1. The van der Waals surface area contributed by atoms with Gasteiger partial charge in [-0.15, -0.1) is 0 Å². The fraction of sp³-hybridized carbons (Fsp3) is 0.333. The summed E-state index contributed by atoms with van der Waals surface area (Å²) < 4.78 is 30.2. The average molecular weight is 419 g/mol. The molecular weight excluding hydrogens is 392 g/mol. The van der Waals surface area contributed by atoms with E-state index in [2.05, 4.69) is 5.32 Å². The summed E-state index contributed by atoms with van der Waals surface area (Å²) in [4.78, 5) is 24.3. The summed E-state index contributed by atoms with van der Waals surface area (Å²) in [5.74, 6) is -1.12. The number of nitrogens with one attached hydrogen (secondary N) is 1. The largest absolute Gasteiger partial charge is 0.452 e. The second-order valence-corrected chi connectivity index (χ2v) is 9.17. The zero-order valence-corrected chi connectivity index (χ0v) is 18.0. The van der Waals surface area contributed by atoms with Gasteiger partial charge in [0.1, 0.15) is 0 Å². The van der Waals surface area contributed by atoms with Crippen molar-refractivity contribution in [1.29, 1.82) is 0 Å². The molecule has 0 fully saturated rings. The minimum atomic E-state index is -3.57. The minimum absolute atomic E-state index is 0.0685. The van der Waals surface area contributed by atoms with E-state index in [1.807, 2.05) is 39.0 Å². The Labute approximate surface area is 171 Å². The fourth-order valence-electron chi connectivity index (χ4n) is 2.59. The molecule has 2 rings (SSSR count). The van der Waals surface area contributed by atoms with Crippen molar-refractivity contribution < 1.29 is 22.7 Å². The lowest BCUT2D eigenvalue weighted by atomic mass is 10.0. The Morgan fingerprint density at radius 2 is 1.66 bits per heavy atom. The third kappa shape index (κ3) is 5.65. The topological polar surface area (TPSA) is 92.8 Å². The van der Waals surface area contributed by atoms with Crippen LogP contribution in [0.4, 0.5) is 0 Å². The highest BCUT2D eigenvalue weighted by molar-refractivity contribution is 7.89. The van der Waals surface area contributed by atoms with Crippen molar-refractivity contribution >= 4 is 21.9 Å². The molecule has 0 aliphatic rings. The number of esters is 1. The number of sulfonamides is 1. The Morgan fingerprint density at radius 1 is 1.03 bits per heavy atom. The van der Waals surface area contributed by atoms with E-state index >= 15 is 0 Å². The van der Waals surface area contributed by atoms with Crippen molar-refractivity contribution in [1.82, 2.24) is 9.62 Å². The van der Waals surface area contributed by atoms with Gasteiger partial charge in [0.05, 0.1) is 16.5 Å². The maximum Gasteiger partial charge on any atom is 0.338 e. The minimum Gasteiger partial charge on any atom is -0.452 e. The summed E-state index contributed by atoms with van der Waals surface area (Å²) in [6.45, 7) is 5.45. The maximum atomic E-state index is 12.1. The Kier molecular flexibility index (Phi) is 7.16. The molecule has 2 aromatic carbocycles. The van der Waals surface area contributed by atoms with E-state index in [0.29, 0.717) is 0 Å². The van der Waals surface area contributed by atoms with E-state index < -0.39 is 28.5 Å². The molecule has 0 bridgehead atoms. The lowest BCUT2D eigenvalue weighted by Crippen LogP contribution is -2.31. The Morgan fingerprint density at radius 3 is 2.21 bits per heavy atom. The lowest BCUT2D eigenvalue weighted by molar-refractivity contribution is -0.124. The van der Waals surface area contributed by atoms with E-state index in [-0.39, 0.29) is 16.5 Å². The first kappa shape index (κ1) is 22.6. The Hall–Kier alpha value is -2.71. The summed E-state index contributed by atoms with van der Waals surface area (Å²) in [5, 5.41) is 2.79. The van der Waals surface area contributed by atoms with E-state index in [9.17, 15) is 18.0 Å². The van der Waals surface area contributed by atoms with E-state index in [0.717, 1.165) is 15.4 Å². The third-order valence-corrected chi connectivity index (χ3v) is 6.44. The van der Waals surface area contributed by atoms with Gasteiger partial charge in [-0.1, -0.05) is 18.2 Å². The van der Waals surface area contributed by atoms with Gasteiger partial charge < -0.3 is 10.1 Å². The molecule has 1 amide bonds. The molecule has 1 unspecified atom stereocenters. The van der Waals surface area contributed by atoms with Gasteiger partial charge in [-0.05, 0) is 61.7 Å². The maximum absolute atomic E-state index is 12.1. The van der Waals surface area contributed by atoms with Crippen LogP contribution in [-0.4, -0.2) is 45.3 Å². The molecule has 0 aliphatic carbocycles. The standard InChI is InChI=1S/C21H26N2O5S/c1-14-6-7-18(12-15(14)2)16(3)22-20(24)13-28-21(25)17-8-10-19(11-9-17)29(26,27)23(4)5/h6-12,16H,13H2,1-5H3,(H,22,24). The average Bonchev–Trinajstić information content (AvgIpc) is 2.68. The monoisotopic (exact) mass is 418 g/mol. The SMILES string of the molecule is Cc1ccc(C(C)NC(=O)COC(=O)c2ccc(S(=O)(=O)N(C)C)cc2)cc1C. The highest BCUT2D eigenvalue weighted by Crippen LogP contribution is 2.17. The molecule has 8 heteroatoms. The predicted molar refractivity (Wildman–Crippen MR) is 110 cm³/mol. The normalized spacial score (nSPS) is 12.5. The molecule has 1 atom stereocenters. The third-order valence-electron chi connectivity index (χ3n) is 4.61. The van der Waals surface area contributed by atoms with Gasteiger partial charge >= 0.3 is 5.97 Å². The molecule has 2 aromatic rings. The summed E-state index contributed by atoms with van der Waals surface area (Å²) in [7, 11) is -0.722. The molecule has 156 valence electrons. The molecule has 0 aliphatic heterocycles. The van der Waals surface area contributed by atoms with Gasteiger partial charge in [-0.2, -0.15) is 0 Å². The van der Waals surface area contributed by atoms with Gasteiger partial charge in [-0.3, -0.25) is 4.79 Å². The molecule has 29 heavy (non-hydrogen) atoms. The number of amides is 1. The number of hydrogen-bond donors (Lipinski definition) is 1. The van der Waals surface area contributed by atoms with Crippen LogP contribution >= 0.6 is 0 Å². The predicted octanol–water partition coefficient (Wildman–Crippen LogP) is 2.59. The molecule has 0 spiro atoms. The van der Waals surface area contributed by atoms with Crippen molar-refractivity contribution in [3.05, 3.63) is 64.7 Å². The van der Waals surface area contributed by atoms with Gasteiger partial charge in [-0.25, -0.2) is 17.5 Å². The number of aryl methyl sites for hydroxylation is 2. The number of ether oxygens (including phenoxy) is 1. The van der Waals surface area contributed by atoms with Crippen LogP contribution in [0.5, 0.6) is 0 Å². The van der Waals surface area contributed by atoms with E-state index in [1.54, 1.807) is 0 Å². The van der Waals surface area contributed by atoms with Gasteiger partial charge in [0.25, 0.3) is 5.91 Å². The number of benzene rings is 2. The highest BCUT2D eigenvalue weighted by Gasteiger charge is 2.18. The van der Waals surface area contributed by atoms with Gasteiger partial charge in [0, 0.05) is 14.1 Å². The molecule has 7 nitrogen and oxygen atoms in total. The van der Waals surface area contributed by atoms with Gasteiger partial charge in [0.2, 0.25) is 10.0 Å². The highest BCUT2D eigenvalue weighted by atomic mass is 32.2. The van der Waals surface area contributed by atoms with Crippen molar-refractivity contribution in [2.24, 2.45) is 0 Å². The summed E-state index contributed by atoms with van der Waals surface area (Å²) >= 11 is 0. The van der Waals surface area contributed by atoms with Crippen LogP contribution in [0.2, 0.25) is 0 Å². The Balaban J connectivity index is 1.93. The molecular formula is C21H26N2O5S. The van der Waals surface area contributed by atoms with Crippen molar-refractivity contribution in [3.63, 3.8) is 0 Å². The molecule has 0 aromatic heterocycles. The number of hydrogen-bond acceptors (Lipinski definition) is 5. The van der Waals surface area contributed by atoms with Crippen LogP contribution in [0.3, 0.4) is 0 Å². The molecule has 0 radical (unpaired) electrons. The van der Waals surface area contributed by atoms with Crippen molar-refractivity contribution in [3.8, 4) is 0 Å². The smallest absolute Gasteiger partial charge is 0.338 e. The Bertz CT molecular complexity index is 998. The van der Waals surface area contributed by atoms with Gasteiger partial charge in [0.15, 0.2) is 6.61 Å². The van der Waals surface area contributed by atoms with Crippen LogP contribution in [0.15, 0.2) is 47.4 Å². The summed E-state index contributed by atoms with van der Waals surface area (Å²) in [6.07, 6.45) is 0. The van der Waals surface area contributed by atoms with E-state index in [4.69, 9.17) is 4.74 Å². The first-order chi connectivity index (χ1) is 13.5. The van der Waals surface area contributed by atoms with Crippen LogP contribution in [0.1, 0.15) is 40.0 Å². The fourth-order valence-corrected chi connectivity index (χ4v) is 3.49. The first-order valence-electron chi connectivity index (χ1n) is 9.08. The van der Waals surface area contributed by atoms with Crippen LogP contribution < -0.4 is 5.32 Å². The summed E-state index contributed by atoms with van der Waals surface area (Å²) in [6, 6.07) is 11.1. The quantitative estimate of drug-likeness (QED) is 0.698. The van der Waals surface area contributed by atoms with Crippen LogP contribution in [0, 0.1) is 13.8 Å². The van der Waals surface area contributed by atoms with Crippen LogP contribution in [0.25, 0.3) is 0 Å². The van der Waals surface area contributed by atoms with Crippen molar-refractivity contribution in [2.75, 3.05) is 20.7 Å². The van der Waals surface area contributed by atoms with Crippen molar-refractivity contribution in [2.45, 2.75) is 31.7 Å². The lowest BCUT2D eigenvalue weighted by Gasteiger charge is -2.16. The summed E-state index contributed by atoms with van der Waals surface area (Å²) in [5.41, 5.74) is 3.43. The number of carbonyl (C=O) groups excluding carboxylic acids is 2.